The van der Waals surface area contributed by atoms with E-state index < -0.39 is 5.97 Å². The van der Waals surface area contributed by atoms with Crippen LogP contribution in [-0.4, -0.2) is 38.3 Å². The van der Waals surface area contributed by atoms with E-state index in [-0.39, 0.29) is 11.6 Å². The molecule has 2 N–H and O–H groups in total. The Bertz CT molecular complexity index is 707. The number of nitrogens with one attached hydrogen (secondary N) is 1. The minimum atomic E-state index is -1.03. The molecule has 2 aromatic rings. The molecule has 116 valence electrons. The summed E-state index contributed by atoms with van der Waals surface area (Å²) in [6.45, 7) is 1.30. The lowest BCUT2D eigenvalue weighted by atomic mass is 10.1. The van der Waals surface area contributed by atoms with Crippen LogP contribution in [0.4, 0.5) is 0 Å². The Labute approximate surface area is 131 Å². The molecule has 0 unspecified atom stereocenters. The monoisotopic (exact) mass is 320 g/mol. The maximum Gasteiger partial charge on any atom is 0.355 e. The fourth-order valence-electron chi connectivity index (χ4n) is 2.51. The Kier molecular flexibility index (Phi) is 4.19. The highest BCUT2D eigenvalue weighted by atomic mass is 32.1. The summed E-state index contributed by atoms with van der Waals surface area (Å²) in [5.74, 6) is -1.16. The van der Waals surface area contributed by atoms with Crippen LogP contribution in [0.3, 0.4) is 0 Å². The Balaban J connectivity index is 1.56. The second-order valence-corrected chi connectivity index (χ2v) is 6.07. The van der Waals surface area contributed by atoms with Crippen molar-refractivity contribution in [2.24, 2.45) is 0 Å². The molecule has 3 heterocycles. The minimum absolute atomic E-state index is 0.0528. The standard InChI is InChI=1S/C14H16N4O3S/c19-13(9-7-16-18-6-2-1-3-11(9)18)15-5-4-12-17-10(8-22-12)14(20)21/h7-8H,1-6H2,(H,15,19)(H,20,21). The zero-order chi connectivity index (χ0) is 15.5. The zero-order valence-corrected chi connectivity index (χ0v) is 12.7. The van der Waals surface area contributed by atoms with Gasteiger partial charge in [0.25, 0.3) is 5.91 Å². The first kappa shape index (κ1) is 14.7. The highest BCUT2D eigenvalue weighted by Gasteiger charge is 2.19. The van der Waals surface area contributed by atoms with E-state index in [0.29, 0.717) is 23.5 Å². The Morgan fingerprint density at radius 1 is 1.41 bits per heavy atom. The van der Waals surface area contributed by atoms with E-state index >= 15 is 0 Å². The van der Waals surface area contributed by atoms with Crippen molar-refractivity contribution in [3.8, 4) is 0 Å². The SMILES string of the molecule is O=C(O)c1csc(CCNC(=O)c2cnn3c2CCCC3)n1. The molecule has 0 atom stereocenters. The van der Waals surface area contributed by atoms with Crippen molar-refractivity contribution in [2.45, 2.75) is 32.2 Å². The van der Waals surface area contributed by atoms with Crippen LogP contribution in [-0.2, 0) is 19.4 Å². The summed E-state index contributed by atoms with van der Waals surface area (Å²) >= 11 is 1.29. The van der Waals surface area contributed by atoms with Gasteiger partial charge >= 0.3 is 5.97 Å². The molecular formula is C14H16N4O3S. The summed E-state index contributed by atoms with van der Waals surface area (Å²) in [6.07, 6.45) is 5.22. The lowest BCUT2D eigenvalue weighted by Crippen LogP contribution is -2.27. The molecule has 1 aliphatic rings. The van der Waals surface area contributed by atoms with E-state index in [1.807, 2.05) is 4.68 Å². The van der Waals surface area contributed by atoms with Crippen molar-refractivity contribution in [1.82, 2.24) is 20.1 Å². The van der Waals surface area contributed by atoms with Gasteiger partial charge in [0.2, 0.25) is 0 Å². The first-order valence-electron chi connectivity index (χ1n) is 7.15. The van der Waals surface area contributed by atoms with Gasteiger partial charge in [0.1, 0.15) is 0 Å². The smallest absolute Gasteiger partial charge is 0.355 e. The van der Waals surface area contributed by atoms with Crippen LogP contribution >= 0.6 is 11.3 Å². The number of hydrogen-bond donors (Lipinski definition) is 2. The summed E-state index contributed by atoms with van der Waals surface area (Å²) < 4.78 is 1.90. The van der Waals surface area contributed by atoms with Crippen molar-refractivity contribution < 1.29 is 14.7 Å². The van der Waals surface area contributed by atoms with Gasteiger partial charge in [-0.15, -0.1) is 11.3 Å². The fourth-order valence-corrected chi connectivity index (χ4v) is 3.29. The number of nitrogens with zero attached hydrogens (tertiary/aromatic N) is 3. The maximum absolute atomic E-state index is 12.2. The topological polar surface area (TPSA) is 97.1 Å². The number of carboxylic acids is 1. The molecule has 22 heavy (non-hydrogen) atoms. The normalized spacial score (nSPS) is 13.6. The third-order valence-electron chi connectivity index (χ3n) is 3.62. The molecule has 7 nitrogen and oxygen atoms in total. The average Bonchev–Trinajstić information content (AvgIpc) is 3.13. The lowest BCUT2D eigenvalue weighted by Gasteiger charge is -2.14. The van der Waals surface area contributed by atoms with Crippen LogP contribution in [0.15, 0.2) is 11.6 Å². The van der Waals surface area contributed by atoms with Crippen LogP contribution in [0.5, 0.6) is 0 Å². The van der Waals surface area contributed by atoms with E-state index in [1.54, 1.807) is 6.20 Å². The second-order valence-electron chi connectivity index (χ2n) is 5.12. The van der Waals surface area contributed by atoms with Crippen LogP contribution in [0.25, 0.3) is 0 Å². The number of hydrogen-bond acceptors (Lipinski definition) is 5. The van der Waals surface area contributed by atoms with E-state index in [4.69, 9.17) is 5.11 Å². The highest BCUT2D eigenvalue weighted by molar-refractivity contribution is 7.09. The molecule has 0 radical (unpaired) electrons. The average molecular weight is 320 g/mol. The molecule has 0 aliphatic carbocycles. The summed E-state index contributed by atoms with van der Waals surface area (Å²) in [6, 6.07) is 0. The molecule has 1 amide bonds. The number of aryl methyl sites for hydroxylation is 1. The molecular weight excluding hydrogens is 304 g/mol. The molecule has 0 fully saturated rings. The van der Waals surface area contributed by atoms with Gasteiger partial charge in [-0.2, -0.15) is 5.10 Å². The number of thiazole rings is 1. The van der Waals surface area contributed by atoms with Gasteiger partial charge in [0, 0.05) is 24.9 Å². The predicted molar refractivity (Wildman–Crippen MR) is 80.3 cm³/mol. The van der Waals surface area contributed by atoms with E-state index in [9.17, 15) is 9.59 Å². The van der Waals surface area contributed by atoms with Crippen molar-refractivity contribution in [3.05, 3.63) is 33.5 Å². The van der Waals surface area contributed by atoms with Crippen LogP contribution in [0.2, 0.25) is 0 Å². The number of aromatic carboxylic acids is 1. The number of aromatic nitrogens is 3. The van der Waals surface area contributed by atoms with Crippen molar-refractivity contribution in [1.29, 1.82) is 0 Å². The maximum atomic E-state index is 12.2. The third-order valence-corrected chi connectivity index (χ3v) is 4.53. The molecule has 2 aromatic heterocycles. The van der Waals surface area contributed by atoms with Gasteiger partial charge in [0.15, 0.2) is 5.69 Å². The fraction of sp³-hybridized carbons (Fsp3) is 0.429. The summed E-state index contributed by atoms with van der Waals surface area (Å²) in [4.78, 5) is 26.9. The largest absolute Gasteiger partial charge is 0.476 e. The zero-order valence-electron chi connectivity index (χ0n) is 11.9. The Morgan fingerprint density at radius 3 is 3.05 bits per heavy atom. The molecule has 0 aromatic carbocycles. The minimum Gasteiger partial charge on any atom is -0.476 e. The number of carbonyl (C=O) groups is 2. The summed E-state index contributed by atoms with van der Waals surface area (Å²) in [7, 11) is 0. The second kappa shape index (κ2) is 6.27. The number of fused-ring (bicyclic) bond motifs is 1. The van der Waals surface area contributed by atoms with Crippen LogP contribution in [0, 0.1) is 0 Å². The Morgan fingerprint density at radius 2 is 2.27 bits per heavy atom. The highest BCUT2D eigenvalue weighted by Crippen LogP contribution is 2.18. The van der Waals surface area contributed by atoms with E-state index in [1.165, 1.54) is 16.7 Å². The van der Waals surface area contributed by atoms with Crippen molar-refractivity contribution in [3.63, 3.8) is 0 Å². The molecule has 1 aliphatic heterocycles. The number of carboxylic acid groups (broad SMARTS) is 1. The van der Waals surface area contributed by atoms with Crippen molar-refractivity contribution >= 4 is 23.2 Å². The van der Waals surface area contributed by atoms with Gasteiger partial charge in [-0.3, -0.25) is 9.48 Å². The van der Waals surface area contributed by atoms with Gasteiger partial charge in [-0.25, -0.2) is 9.78 Å². The first-order chi connectivity index (χ1) is 10.6. The number of rotatable bonds is 5. The van der Waals surface area contributed by atoms with Crippen LogP contribution < -0.4 is 5.32 Å². The lowest BCUT2D eigenvalue weighted by molar-refractivity contribution is 0.0690. The van der Waals surface area contributed by atoms with Crippen LogP contribution in [0.1, 0.15) is 44.4 Å². The molecule has 3 rings (SSSR count). The molecule has 0 saturated heterocycles. The van der Waals surface area contributed by atoms with E-state index in [0.717, 1.165) is 31.5 Å². The van der Waals surface area contributed by atoms with Gasteiger partial charge < -0.3 is 10.4 Å². The van der Waals surface area contributed by atoms with Gasteiger partial charge in [0.05, 0.1) is 22.5 Å². The first-order valence-corrected chi connectivity index (χ1v) is 8.03. The predicted octanol–water partition coefficient (Wildman–Crippen LogP) is 1.35. The van der Waals surface area contributed by atoms with E-state index in [2.05, 4.69) is 15.4 Å². The van der Waals surface area contributed by atoms with Gasteiger partial charge in [-0.1, -0.05) is 0 Å². The molecule has 0 saturated carbocycles. The van der Waals surface area contributed by atoms with Gasteiger partial charge in [-0.05, 0) is 19.3 Å². The molecule has 8 heteroatoms. The number of carbonyl (C=O) groups excluding carboxylic acids is 1. The molecule has 0 spiro atoms. The Hall–Kier alpha value is -2.22. The number of amides is 1. The summed E-state index contributed by atoms with van der Waals surface area (Å²) in [5.41, 5.74) is 1.70. The summed E-state index contributed by atoms with van der Waals surface area (Å²) in [5, 5.41) is 18.1. The molecule has 0 bridgehead atoms. The quantitative estimate of drug-likeness (QED) is 0.866. The van der Waals surface area contributed by atoms with Crippen molar-refractivity contribution in [2.75, 3.05) is 6.54 Å². The third kappa shape index (κ3) is 3.01.